The van der Waals surface area contributed by atoms with E-state index in [1.165, 1.54) is 23.3 Å². The van der Waals surface area contributed by atoms with E-state index in [0.717, 1.165) is 119 Å². The van der Waals surface area contributed by atoms with E-state index in [4.69, 9.17) is 28.9 Å². The molecule has 0 bridgehead atoms. The summed E-state index contributed by atoms with van der Waals surface area (Å²) in [6.45, 7) is 18.3. The first-order chi connectivity index (χ1) is 41.9. The number of hydrogen-bond donors (Lipinski definition) is 4. The highest BCUT2D eigenvalue weighted by molar-refractivity contribution is 7.90. The number of aromatic nitrogens is 3. The number of H-pyrrole nitrogens is 1. The molecule has 2 unspecified atom stereocenters. The van der Waals surface area contributed by atoms with Crippen molar-refractivity contribution in [1.29, 1.82) is 0 Å². The van der Waals surface area contributed by atoms with Crippen molar-refractivity contribution in [2.75, 3.05) is 106 Å². The van der Waals surface area contributed by atoms with E-state index in [9.17, 15) is 28.4 Å². The molecule has 9 heterocycles. The van der Waals surface area contributed by atoms with Crippen LogP contribution in [-0.2, 0) is 26.0 Å². The molecule has 1 spiro atoms. The molecule has 21 nitrogen and oxygen atoms in total. The van der Waals surface area contributed by atoms with E-state index in [0.29, 0.717) is 93.0 Å². The van der Waals surface area contributed by atoms with Crippen LogP contribution < -0.4 is 34.2 Å². The van der Waals surface area contributed by atoms with Crippen LogP contribution >= 0.6 is 11.3 Å². The Hall–Kier alpha value is -6.60. The number of carbonyl (C=O) groups is 1. The molecule has 87 heavy (non-hydrogen) atoms. The number of fused-ring (bicyclic) bond motifs is 3. The Balaban J connectivity index is 0.748. The maximum absolute atomic E-state index is 14.9. The van der Waals surface area contributed by atoms with E-state index in [1.807, 2.05) is 54.9 Å². The average molecular weight is 1230 g/mol. The van der Waals surface area contributed by atoms with Gasteiger partial charge in [-0.2, -0.15) is 16.3 Å². The summed E-state index contributed by atoms with van der Waals surface area (Å²) < 4.78 is 55.1. The normalized spacial score (nSPS) is 26.0. The highest BCUT2D eigenvalue weighted by Gasteiger charge is 2.56. The fourth-order valence-electron chi connectivity index (χ4n) is 15.0. The second-order valence-corrected chi connectivity index (χ2v) is 28.3. The minimum absolute atomic E-state index is 0.108. The Bertz CT molecular complexity index is 3630. The van der Waals surface area contributed by atoms with Crippen molar-refractivity contribution in [3.05, 3.63) is 110 Å². The van der Waals surface area contributed by atoms with Crippen LogP contribution in [0.3, 0.4) is 0 Å². The number of aromatic amines is 1. The van der Waals surface area contributed by atoms with Crippen LogP contribution in [0, 0.1) is 27.4 Å². The zero-order valence-corrected chi connectivity index (χ0v) is 52.0. The average Bonchev–Trinajstić information content (AvgIpc) is 1.19. The second-order valence-electron chi connectivity index (χ2n) is 25.9. The number of sulfonamides is 1. The zero-order chi connectivity index (χ0) is 60.4. The highest BCUT2D eigenvalue weighted by Crippen LogP contribution is 2.58. The Kier molecular flexibility index (Phi) is 16.4. The molecule has 23 heteroatoms. The minimum atomic E-state index is -4.65. The third-order valence-electron chi connectivity index (χ3n) is 20.3. The highest BCUT2D eigenvalue weighted by atomic mass is 32.2. The van der Waals surface area contributed by atoms with E-state index < -0.39 is 43.1 Å². The summed E-state index contributed by atoms with van der Waals surface area (Å²) in [6.07, 6.45) is 9.83. The monoisotopic (exact) mass is 1230 g/mol. The van der Waals surface area contributed by atoms with Crippen LogP contribution in [0.1, 0.15) is 118 Å². The summed E-state index contributed by atoms with van der Waals surface area (Å²) >= 11 is 1.81. The Morgan fingerprint density at radius 2 is 1.75 bits per heavy atom. The van der Waals surface area contributed by atoms with Gasteiger partial charge in [0.15, 0.2) is 11.6 Å². The van der Waals surface area contributed by atoms with Crippen LogP contribution in [0.15, 0.2) is 82.6 Å². The first kappa shape index (κ1) is 59.4. The zero-order valence-electron chi connectivity index (χ0n) is 50.4. The van der Waals surface area contributed by atoms with E-state index in [1.54, 1.807) is 13.2 Å². The van der Waals surface area contributed by atoms with Crippen molar-refractivity contribution >= 4 is 72.6 Å². The number of pyridine rings is 2. The first-order valence-electron chi connectivity index (χ1n) is 31.1. The van der Waals surface area contributed by atoms with Crippen LogP contribution in [-0.4, -0.2) is 159 Å². The molecule has 4 saturated heterocycles. The van der Waals surface area contributed by atoms with Crippen molar-refractivity contribution in [3.63, 3.8) is 0 Å². The van der Waals surface area contributed by atoms with Gasteiger partial charge < -0.3 is 49.1 Å². The maximum Gasteiger partial charge on any atom is 0.293 e. The van der Waals surface area contributed by atoms with Crippen LogP contribution in [0.4, 0.5) is 34.3 Å². The van der Waals surface area contributed by atoms with Gasteiger partial charge in [-0.3, -0.25) is 24.7 Å². The van der Waals surface area contributed by atoms with Gasteiger partial charge in [0.25, 0.3) is 21.6 Å². The van der Waals surface area contributed by atoms with Gasteiger partial charge >= 0.3 is 0 Å². The Morgan fingerprint density at radius 1 is 0.943 bits per heavy atom. The number of rotatable bonds is 16. The summed E-state index contributed by atoms with van der Waals surface area (Å²) in [5, 5.41) is 31.7. The molecule has 13 rings (SSSR count). The number of morpholine rings is 1. The number of nitrogens with one attached hydrogen (secondary N) is 3. The van der Waals surface area contributed by atoms with Gasteiger partial charge in [0, 0.05) is 107 Å². The van der Waals surface area contributed by atoms with Gasteiger partial charge in [-0.05, 0) is 157 Å². The van der Waals surface area contributed by atoms with Crippen molar-refractivity contribution in [1.82, 2.24) is 29.5 Å². The number of nitro groups is 1. The summed E-state index contributed by atoms with van der Waals surface area (Å²) in [7, 11) is -2.92. The summed E-state index contributed by atoms with van der Waals surface area (Å²) in [6, 6.07) is 15.8. The molecule has 5 aliphatic heterocycles. The van der Waals surface area contributed by atoms with Gasteiger partial charge in [0.1, 0.15) is 23.1 Å². The number of anilines is 5. The molecule has 1 amide bonds. The van der Waals surface area contributed by atoms with E-state index in [-0.39, 0.29) is 34.7 Å². The number of aliphatic hydroxyl groups is 1. The molecule has 6 fully saturated rings. The number of hydrogen-bond acceptors (Lipinski definition) is 19. The maximum atomic E-state index is 14.9. The van der Waals surface area contributed by atoms with Crippen molar-refractivity contribution < 1.29 is 42.2 Å². The minimum Gasteiger partial charge on any atom is -0.493 e. The Labute approximate surface area is 512 Å². The SMILES string of the molecule is COc1cc(CN2CCN(C3CC4(CCN(c5ccc(C(=O)NS(=O)(=O)c6ccc(NCC7CCC(C)(O)CC7)c([N+](=O)[O-])c6)c(N6c7cc8cc[nH]c8nc7O[C@H]7COCC[C@@H]76)c5)CC4)C3C)[C@H](c3cscc3C(C)C)C2)cnc1N1CCOCC1. The third-order valence-corrected chi connectivity index (χ3v) is 22.4. The molecule has 464 valence electrons. The number of thiophene rings is 1. The topological polar surface area (TPSA) is 233 Å². The molecule has 2 saturated carbocycles. The molecule has 0 radical (unpaired) electrons. The van der Waals surface area contributed by atoms with Crippen molar-refractivity contribution in [2.45, 2.75) is 126 Å². The number of piperidine rings is 1. The second kappa shape index (κ2) is 24.1. The standard InChI is InChI=1S/C64H81N11O10S2/c1-40(2)48-38-86-39-49(48)56-36-70(35-43-28-57(82-5)60(67-34-43)72-23-26-83-27-24-72)21-22-73(56)55-32-64(41(55)3)16-19-71(20-17-64)45-6-8-47(52(30-45)74-51-13-25-84-37-58(51)85-62-54(74)29-44-12-18-65-59(44)68-62)61(76)69-87(80,81)46-7-9-50(53(31-46)75(78)79)66-33-42-10-14-63(4,77)15-11-42/h6-9,12,18,28-31,34,38-42,51,55-56,58,66,77H,10-11,13-17,19-27,32-33,35-37H2,1-5H3,(H,65,68)(H,69,76)/t41?,42?,51-,55?,56-,58-,63?/m0/s1. The Morgan fingerprint density at radius 3 is 2.51 bits per heavy atom. The van der Waals surface area contributed by atoms with Gasteiger partial charge in [-0.25, -0.2) is 18.1 Å². The molecule has 4 N–H and O–H groups in total. The summed E-state index contributed by atoms with van der Waals surface area (Å²) in [5.74, 6) is 2.22. The number of amides is 1. The van der Waals surface area contributed by atoms with E-state index in [2.05, 4.69) is 77.1 Å². The van der Waals surface area contributed by atoms with Crippen LogP contribution in [0.2, 0.25) is 0 Å². The van der Waals surface area contributed by atoms with Gasteiger partial charge in [0.05, 0.1) is 59.6 Å². The number of carbonyl (C=O) groups excluding carboxylic acids is 1. The van der Waals surface area contributed by atoms with Gasteiger partial charge in [0.2, 0.25) is 5.88 Å². The molecular formula is C64H81N11O10S2. The third kappa shape index (κ3) is 11.7. The smallest absolute Gasteiger partial charge is 0.293 e. The number of benzene rings is 2. The van der Waals surface area contributed by atoms with Gasteiger partial charge in [-0.15, -0.1) is 0 Å². The fourth-order valence-corrected chi connectivity index (χ4v) is 17.1. The molecule has 2 aromatic carbocycles. The lowest BCUT2D eigenvalue weighted by Crippen LogP contribution is -2.64. The number of methoxy groups -OCH3 is 1. The predicted octanol–water partition coefficient (Wildman–Crippen LogP) is 9.61. The molecule has 6 aromatic rings. The van der Waals surface area contributed by atoms with Crippen molar-refractivity contribution in [3.8, 4) is 11.6 Å². The predicted molar refractivity (Wildman–Crippen MR) is 336 cm³/mol. The molecule has 2 aliphatic carbocycles. The summed E-state index contributed by atoms with van der Waals surface area (Å²) in [5.41, 5.74) is 6.00. The fraction of sp³-hybridized carbons (Fsp3) is 0.547. The number of ether oxygens (including phenoxy) is 4. The number of nitrogens with zero attached hydrogens (tertiary/aromatic N) is 8. The van der Waals surface area contributed by atoms with Crippen LogP contribution in [0.5, 0.6) is 11.6 Å². The lowest BCUT2D eigenvalue weighted by Gasteiger charge is -2.62. The summed E-state index contributed by atoms with van der Waals surface area (Å²) in [4.78, 5) is 51.5. The van der Waals surface area contributed by atoms with Crippen molar-refractivity contribution in [2.24, 2.45) is 17.3 Å². The van der Waals surface area contributed by atoms with Gasteiger partial charge in [-0.1, -0.05) is 20.8 Å². The molecule has 5 atom stereocenters. The molecule has 4 aromatic heterocycles. The lowest BCUT2D eigenvalue weighted by atomic mass is 9.53. The first-order valence-corrected chi connectivity index (χ1v) is 33.5. The van der Waals surface area contributed by atoms with Crippen LogP contribution in [0.25, 0.3) is 11.0 Å². The largest absolute Gasteiger partial charge is 0.493 e. The number of nitro benzene ring substituents is 1. The number of piperazine rings is 1. The quantitative estimate of drug-likeness (QED) is 0.0522. The van der Waals surface area contributed by atoms with E-state index >= 15 is 0 Å². The molecule has 7 aliphatic rings. The lowest BCUT2D eigenvalue weighted by molar-refractivity contribution is -0.384. The molecular weight excluding hydrogens is 1150 g/mol.